The van der Waals surface area contributed by atoms with Gasteiger partial charge in [-0.3, -0.25) is 19.1 Å². The van der Waals surface area contributed by atoms with Gasteiger partial charge in [-0.15, -0.1) is 6.58 Å². The summed E-state index contributed by atoms with van der Waals surface area (Å²) >= 11 is 0. The average Bonchev–Trinajstić information content (AvgIpc) is 4.02. The van der Waals surface area contributed by atoms with Crippen LogP contribution in [0.15, 0.2) is 66.4 Å². The number of nitrogens with two attached hydrogens (primary N) is 1. The monoisotopic (exact) mass is 701 g/mol. The van der Waals surface area contributed by atoms with Gasteiger partial charge in [-0.05, 0) is 80.7 Å². The van der Waals surface area contributed by atoms with Gasteiger partial charge < -0.3 is 21.2 Å². The largest absolute Gasteiger partial charge is 0.392 e. The average molecular weight is 702 g/mol. The van der Waals surface area contributed by atoms with E-state index in [1.54, 1.807) is 6.08 Å². The maximum atomic E-state index is 13.8. The van der Waals surface area contributed by atoms with Crippen molar-refractivity contribution >= 4 is 39.5 Å². The summed E-state index contributed by atoms with van der Waals surface area (Å²) in [6, 6.07) is 14.3. The number of hydrogen-bond acceptors (Lipinski definition) is 8. The molecule has 5 N–H and O–H groups in total. The molecule has 3 fully saturated rings. The van der Waals surface area contributed by atoms with Crippen LogP contribution in [0.5, 0.6) is 0 Å². The molecule has 12 heteroatoms. The summed E-state index contributed by atoms with van der Waals surface area (Å²) in [6.07, 6.45) is 12.5. The SMILES string of the molecule is C=C[C@H]1C[C@]1(NC(=O)[C@@H]1C[C@@H](O/N=C2/c3ccccc3-c3ccc(/C=C/CCCCCCN)cc32)C[C@H]1C(=O)NC)C(=O)NS(=O)(=O)C1CC1. The molecule has 5 atom stereocenters. The summed E-state index contributed by atoms with van der Waals surface area (Å²) in [6.45, 7) is 4.50. The van der Waals surface area contributed by atoms with E-state index in [2.05, 4.69) is 63.5 Å². The van der Waals surface area contributed by atoms with E-state index in [4.69, 9.17) is 10.6 Å². The van der Waals surface area contributed by atoms with E-state index in [0.717, 1.165) is 66.5 Å². The zero-order valence-corrected chi connectivity index (χ0v) is 29.3. The van der Waals surface area contributed by atoms with Gasteiger partial charge in [-0.25, -0.2) is 8.42 Å². The van der Waals surface area contributed by atoms with E-state index < -0.39 is 56.5 Å². The normalized spacial score (nSPS) is 25.9. The zero-order valence-electron chi connectivity index (χ0n) is 28.5. The molecule has 0 spiro atoms. The molecule has 0 aromatic heterocycles. The van der Waals surface area contributed by atoms with Crippen molar-refractivity contribution in [3.8, 4) is 11.1 Å². The Labute approximate surface area is 294 Å². The van der Waals surface area contributed by atoms with Crippen LogP contribution >= 0.6 is 0 Å². The molecule has 0 heterocycles. The Kier molecular flexibility index (Phi) is 10.6. The summed E-state index contributed by atoms with van der Waals surface area (Å²) in [5.74, 6) is -3.56. The smallest absolute Gasteiger partial charge is 0.259 e. The highest BCUT2D eigenvalue weighted by atomic mass is 32.2. The molecule has 0 aliphatic heterocycles. The van der Waals surface area contributed by atoms with Crippen LogP contribution in [0.25, 0.3) is 17.2 Å². The molecule has 3 amide bonds. The van der Waals surface area contributed by atoms with Crippen molar-refractivity contribution in [1.82, 2.24) is 15.4 Å². The lowest BCUT2D eigenvalue weighted by atomic mass is 9.93. The Morgan fingerprint density at radius 1 is 0.980 bits per heavy atom. The molecule has 2 aromatic carbocycles. The summed E-state index contributed by atoms with van der Waals surface area (Å²) < 4.78 is 27.2. The Bertz CT molecular complexity index is 1820. The number of nitrogens with one attached hydrogen (secondary N) is 3. The van der Waals surface area contributed by atoms with E-state index >= 15 is 0 Å². The molecule has 0 unspecified atom stereocenters. The topological polar surface area (TPSA) is 169 Å². The van der Waals surface area contributed by atoms with Gasteiger partial charge in [0.05, 0.1) is 17.1 Å². The van der Waals surface area contributed by atoms with Gasteiger partial charge in [0, 0.05) is 24.1 Å². The number of sulfonamides is 1. The molecular formula is C38H47N5O6S. The third-order valence-corrected chi connectivity index (χ3v) is 12.2. The van der Waals surface area contributed by atoms with Gasteiger partial charge >= 0.3 is 0 Å². The fourth-order valence-electron chi connectivity index (χ4n) is 7.24. The van der Waals surface area contributed by atoms with Crippen molar-refractivity contribution in [2.24, 2.45) is 28.6 Å². The number of amides is 3. The molecule has 2 aromatic rings. The highest BCUT2D eigenvalue weighted by Crippen LogP contribution is 2.46. The highest BCUT2D eigenvalue weighted by molar-refractivity contribution is 7.91. The number of carbonyl (C=O) groups is 3. The fraction of sp³-hybridized carbons (Fsp3) is 0.474. The van der Waals surface area contributed by atoms with Crippen LogP contribution < -0.4 is 21.1 Å². The number of carbonyl (C=O) groups excluding carboxylic acids is 3. The number of benzene rings is 2. The van der Waals surface area contributed by atoms with Gasteiger partial charge in [0.25, 0.3) is 5.91 Å². The number of oxime groups is 1. The first kappa shape index (κ1) is 35.5. The summed E-state index contributed by atoms with van der Waals surface area (Å²) in [5.41, 5.74) is 9.93. The Morgan fingerprint density at radius 3 is 2.36 bits per heavy atom. The predicted molar refractivity (Wildman–Crippen MR) is 193 cm³/mol. The van der Waals surface area contributed by atoms with Crippen LogP contribution in [0, 0.1) is 17.8 Å². The lowest BCUT2D eigenvalue weighted by Gasteiger charge is -2.23. The number of rotatable bonds is 16. The van der Waals surface area contributed by atoms with Crippen molar-refractivity contribution in [3.63, 3.8) is 0 Å². The van der Waals surface area contributed by atoms with Crippen LogP contribution in [0.2, 0.25) is 0 Å². The molecule has 3 saturated carbocycles. The lowest BCUT2D eigenvalue weighted by Crippen LogP contribution is -2.54. The molecule has 0 saturated heterocycles. The summed E-state index contributed by atoms with van der Waals surface area (Å²) in [5, 5.41) is 9.54. The molecule has 50 heavy (non-hydrogen) atoms. The van der Waals surface area contributed by atoms with E-state index in [1.807, 2.05) is 18.2 Å². The Balaban J connectivity index is 1.17. The first-order valence-corrected chi connectivity index (χ1v) is 19.2. The third kappa shape index (κ3) is 7.41. The van der Waals surface area contributed by atoms with Gasteiger partial charge in [-0.1, -0.05) is 72.6 Å². The second-order valence-electron chi connectivity index (χ2n) is 13.9. The first-order chi connectivity index (χ1) is 24.1. The number of fused-ring (bicyclic) bond motifs is 3. The lowest BCUT2D eigenvalue weighted by molar-refractivity contribution is -0.135. The minimum Gasteiger partial charge on any atom is -0.392 e. The van der Waals surface area contributed by atoms with E-state index in [9.17, 15) is 22.8 Å². The van der Waals surface area contributed by atoms with Crippen LogP contribution in [-0.2, 0) is 29.2 Å². The van der Waals surface area contributed by atoms with Crippen molar-refractivity contribution in [2.45, 2.75) is 81.1 Å². The first-order valence-electron chi connectivity index (χ1n) is 17.7. The second-order valence-corrected chi connectivity index (χ2v) is 15.9. The molecule has 4 aliphatic rings. The maximum Gasteiger partial charge on any atom is 0.259 e. The molecular weight excluding hydrogens is 655 g/mol. The molecule has 0 bridgehead atoms. The number of nitrogens with zero attached hydrogens (tertiary/aromatic N) is 1. The molecule has 266 valence electrons. The summed E-state index contributed by atoms with van der Waals surface area (Å²) in [4.78, 5) is 46.2. The number of allylic oxidation sites excluding steroid dienone is 1. The molecule has 0 radical (unpaired) electrons. The van der Waals surface area contributed by atoms with E-state index in [1.165, 1.54) is 7.05 Å². The zero-order chi connectivity index (χ0) is 35.5. The minimum atomic E-state index is -3.82. The Hall–Kier alpha value is -4.29. The quantitative estimate of drug-likeness (QED) is 0.0988. The molecule has 11 nitrogen and oxygen atoms in total. The number of hydrogen-bond donors (Lipinski definition) is 4. The van der Waals surface area contributed by atoms with Crippen molar-refractivity contribution in [2.75, 3.05) is 13.6 Å². The molecule has 6 rings (SSSR count). The predicted octanol–water partition coefficient (Wildman–Crippen LogP) is 4.17. The second kappa shape index (κ2) is 14.9. The standard InChI is InChI=1S/C38H47N5O6S/c1-3-25-23-38(25,37(46)43-50(47,48)27-16-17-27)41-36(45)33-22-26(21-32(33)35(44)40-2)49-42-34-30-14-10-9-13-28(30)29-18-15-24(20-31(29)34)12-8-6-4-5-7-11-19-39/h3,8-10,12-15,18,20,25-27,32-33H,1,4-7,11,16-17,19,21-23,39H2,2H3,(H,40,44)(H,41,45)(H,43,46)/b12-8+,42-34-/t25-,26-,32+,33+,38+/m0/s1. The van der Waals surface area contributed by atoms with Gasteiger partial charge in [0.15, 0.2) is 0 Å². The van der Waals surface area contributed by atoms with Crippen LogP contribution in [-0.4, -0.2) is 62.3 Å². The van der Waals surface area contributed by atoms with E-state index in [0.29, 0.717) is 18.6 Å². The van der Waals surface area contributed by atoms with Gasteiger partial charge in [-0.2, -0.15) is 0 Å². The number of unbranched alkanes of at least 4 members (excludes halogenated alkanes) is 4. The maximum absolute atomic E-state index is 13.8. The van der Waals surface area contributed by atoms with E-state index in [-0.39, 0.29) is 25.2 Å². The fourth-order valence-corrected chi connectivity index (χ4v) is 8.61. The molecule has 4 aliphatic carbocycles. The highest BCUT2D eigenvalue weighted by Gasteiger charge is 2.62. The third-order valence-electron chi connectivity index (χ3n) is 10.4. The minimum absolute atomic E-state index is 0.195. The van der Waals surface area contributed by atoms with Gasteiger partial charge in [0.2, 0.25) is 21.8 Å². The Morgan fingerprint density at radius 2 is 1.68 bits per heavy atom. The van der Waals surface area contributed by atoms with Crippen LogP contribution in [0.1, 0.15) is 80.9 Å². The van der Waals surface area contributed by atoms with Crippen molar-refractivity contribution < 1.29 is 27.6 Å². The van der Waals surface area contributed by atoms with Crippen LogP contribution in [0.4, 0.5) is 0 Å². The van der Waals surface area contributed by atoms with Crippen molar-refractivity contribution in [1.29, 1.82) is 0 Å². The van der Waals surface area contributed by atoms with Crippen LogP contribution in [0.3, 0.4) is 0 Å². The summed E-state index contributed by atoms with van der Waals surface area (Å²) in [7, 11) is -2.30. The van der Waals surface area contributed by atoms with Crippen molar-refractivity contribution in [3.05, 3.63) is 77.9 Å². The van der Waals surface area contributed by atoms with Gasteiger partial charge in [0.1, 0.15) is 17.4 Å².